The van der Waals surface area contributed by atoms with E-state index in [1.807, 2.05) is 36.3 Å². The molecular weight excluding hydrogens is 416 g/mol. The van der Waals surface area contributed by atoms with Gasteiger partial charge in [0.05, 0.1) is 26.8 Å². The monoisotopic (exact) mass is 440 g/mol. The second kappa shape index (κ2) is 7.72. The van der Waals surface area contributed by atoms with Gasteiger partial charge >= 0.3 is 0 Å². The van der Waals surface area contributed by atoms with E-state index >= 15 is 0 Å². The highest BCUT2D eigenvalue weighted by atomic mass is 32.1. The van der Waals surface area contributed by atoms with Crippen LogP contribution in [0, 0.1) is 13.8 Å². The molecule has 0 aromatic carbocycles. The first kappa shape index (κ1) is 19.6. The summed E-state index contributed by atoms with van der Waals surface area (Å²) in [6, 6.07) is 4.45. The van der Waals surface area contributed by atoms with Crippen LogP contribution in [0.2, 0.25) is 0 Å². The number of fused-ring (bicyclic) bond motifs is 2. The van der Waals surface area contributed by atoms with Crippen molar-refractivity contribution in [2.24, 2.45) is 5.73 Å². The lowest BCUT2D eigenvalue weighted by atomic mass is 9.97. The van der Waals surface area contributed by atoms with Crippen molar-refractivity contribution >= 4 is 39.5 Å². The number of carbonyl (C=O) groups is 1. The molecule has 30 heavy (non-hydrogen) atoms. The van der Waals surface area contributed by atoms with Crippen LogP contribution < -0.4 is 11.1 Å². The first-order valence-electron chi connectivity index (χ1n) is 10.2. The van der Waals surface area contributed by atoms with Gasteiger partial charge in [-0.3, -0.25) is 4.79 Å². The molecule has 3 aromatic heterocycles. The number of piperidine rings is 1. The molecule has 2 fully saturated rings. The second-order valence-corrected chi connectivity index (χ2v) is 10.1. The fourth-order valence-corrected chi connectivity index (χ4v) is 6.27. The first-order chi connectivity index (χ1) is 14.5. The number of nitrogens with zero attached hydrogens (tertiary/aromatic N) is 4. The SMILES string of the molecule is Cc1nc(C)c(-c2csc(Nc3ccc(C(=O)N4[C@@H]5CC[C@H]4CC(N)C5)cn3)n2)s1. The Bertz CT molecular complexity index is 1060. The highest BCUT2D eigenvalue weighted by molar-refractivity contribution is 7.16. The van der Waals surface area contributed by atoms with Crippen molar-refractivity contribution < 1.29 is 4.79 Å². The van der Waals surface area contributed by atoms with Crippen molar-refractivity contribution in [2.75, 3.05) is 5.32 Å². The molecule has 3 aromatic rings. The minimum absolute atomic E-state index is 0.0704. The molecule has 0 spiro atoms. The van der Waals surface area contributed by atoms with E-state index in [1.54, 1.807) is 17.5 Å². The molecule has 0 saturated carbocycles. The largest absolute Gasteiger partial charge is 0.333 e. The Hall–Kier alpha value is -2.36. The Balaban J connectivity index is 1.28. The third-order valence-electron chi connectivity index (χ3n) is 5.89. The molecular formula is C21H24N6OS2. The molecule has 9 heteroatoms. The number of anilines is 2. The number of hydrogen-bond acceptors (Lipinski definition) is 8. The molecule has 3 N–H and O–H groups in total. The summed E-state index contributed by atoms with van der Waals surface area (Å²) in [5.41, 5.74) is 8.69. The van der Waals surface area contributed by atoms with Crippen molar-refractivity contribution in [3.8, 4) is 10.6 Å². The van der Waals surface area contributed by atoms with Gasteiger partial charge in [0.1, 0.15) is 5.82 Å². The van der Waals surface area contributed by atoms with E-state index in [2.05, 4.69) is 20.3 Å². The Labute approximate surface area is 183 Å². The van der Waals surface area contributed by atoms with E-state index in [9.17, 15) is 4.79 Å². The predicted octanol–water partition coefficient (Wildman–Crippen LogP) is 4.12. The van der Waals surface area contributed by atoms with Gasteiger partial charge in [0.25, 0.3) is 5.91 Å². The zero-order valence-corrected chi connectivity index (χ0v) is 18.6. The molecule has 2 aliphatic rings. The average molecular weight is 441 g/mol. The summed E-state index contributed by atoms with van der Waals surface area (Å²) in [6.07, 6.45) is 5.58. The van der Waals surface area contributed by atoms with E-state index in [0.29, 0.717) is 11.4 Å². The van der Waals surface area contributed by atoms with Crippen LogP contribution >= 0.6 is 22.7 Å². The van der Waals surface area contributed by atoms with Gasteiger partial charge in [0.2, 0.25) is 0 Å². The van der Waals surface area contributed by atoms with Crippen molar-refractivity contribution in [2.45, 2.75) is 57.7 Å². The van der Waals surface area contributed by atoms with Crippen LogP contribution in [0.25, 0.3) is 10.6 Å². The maximum atomic E-state index is 13.0. The standard InChI is InChI=1S/C21H24N6OS2/c1-11-19(30-12(2)24-11)17-10-29-21(25-17)26-18-6-3-13(9-23-18)20(28)27-15-4-5-16(27)8-14(22)7-15/h3,6,9-10,14-16H,4-5,7-8,22H2,1-2H3,(H,23,25,26)/t14?,15-,16+. The number of nitrogens with one attached hydrogen (secondary N) is 1. The van der Waals surface area contributed by atoms with Crippen LogP contribution in [0.1, 0.15) is 46.7 Å². The number of carbonyl (C=O) groups excluding carboxylic acids is 1. The fourth-order valence-electron chi connectivity index (χ4n) is 4.61. The average Bonchev–Trinajstić information content (AvgIpc) is 3.38. The highest BCUT2D eigenvalue weighted by Gasteiger charge is 2.42. The van der Waals surface area contributed by atoms with Gasteiger partial charge in [-0.2, -0.15) is 0 Å². The van der Waals surface area contributed by atoms with Crippen LogP contribution in [0.3, 0.4) is 0 Å². The number of hydrogen-bond donors (Lipinski definition) is 2. The smallest absolute Gasteiger partial charge is 0.255 e. The van der Waals surface area contributed by atoms with Gasteiger partial charge in [-0.05, 0) is 51.7 Å². The van der Waals surface area contributed by atoms with Crippen LogP contribution in [0.15, 0.2) is 23.7 Å². The molecule has 3 atom stereocenters. The molecule has 0 radical (unpaired) electrons. The number of pyridine rings is 1. The van der Waals surface area contributed by atoms with Crippen molar-refractivity contribution in [3.05, 3.63) is 40.0 Å². The van der Waals surface area contributed by atoms with Crippen LogP contribution in [0.5, 0.6) is 0 Å². The molecule has 156 valence electrons. The summed E-state index contributed by atoms with van der Waals surface area (Å²) in [6.45, 7) is 4.01. The van der Waals surface area contributed by atoms with Gasteiger partial charge in [-0.25, -0.2) is 15.0 Å². The Morgan fingerprint density at radius 1 is 1.20 bits per heavy atom. The van der Waals surface area contributed by atoms with E-state index in [-0.39, 0.29) is 24.0 Å². The molecule has 2 aliphatic heterocycles. The number of thiazole rings is 2. The van der Waals surface area contributed by atoms with Crippen molar-refractivity contribution in [1.82, 2.24) is 19.9 Å². The van der Waals surface area contributed by atoms with Crippen LogP contribution in [-0.4, -0.2) is 43.9 Å². The van der Waals surface area contributed by atoms with Crippen molar-refractivity contribution in [3.63, 3.8) is 0 Å². The van der Waals surface area contributed by atoms with E-state index in [0.717, 1.165) is 52.1 Å². The molecule has 1 amide bonds. The molecule has 2 bridgehead atoms. The van der Waals surface area contributed by atoms with E-state index in [4.69, 9.17) is 5.73 Å². The van der Waals surface area contributed by atoms with Gasteiger partial charge in [-0.1, -0.05) is 0 Å². The summed E-state index contributed by atoms with van der Waals surface area (Å²) in [5.74, 6) is 0.745. The lowest BCUT2D eigenvalue weighted by Gasteiger charge is -2.37. The van der Waals surface area contributed by atoms with E-state index < -0.39 is 0 Å². The van der Waals surface area contributed by atoms with Crippen molar-refractivity contribution in [1.29, 1.82) is 0 Å². The Kier molecular flexibility index (Phi) is 5.04. The number of amides is 1. The number of rotatable bonds is 4. The highest BCUT2D eigenvalue weighted by Crippen LogP contribution is 2.36. The summed E-state index contributed by atoms with van der Waals surface area (Å²) >= 11 is 3.18. The maximum absolute atomic E-state index is 13.0. The minimum atomic E-state index is 0.0704. The van der Waals surface area contributed by atoms with E-state index in [1.165, 1.54) is 11.3 Å². The van der Waals surface area contributed by atoms with Gasteiger partial charge in [-0.15, -0.1) is 22.7 Å². The van der Waals surface area contributed by atoms with Gasteiger partial charge in [0, 0.05) is 29.7 Å². The van der Waals surface area contributed by atoms with Crippen LogP contribution in [0.4, 0.5) is 10.9 Å². The molecule has 2 saturated heterocycles. The zero-order valence-electron chi connectivity index (χ0n) is 17.0. The third-order valence-corrected chi connectivity index (χ3v) is 7.74. The number of aryl methyl sites for hydroxylation is 2. The molecule has 5 heterocycles. The molecule has 7 nitrogen and oxygen atoms in total. The fraction of sp³-hybridized carbons (Fsp3) is 0.429. The molecule has 1 unspecified atom stereocenters. The first-order valence-corrected chi connectivity index (χ1v) is 11.9. The topological polar surface area (TPSA) is 97.0 Å². The normalized spacial score (nSPS) is 23.0. The summed E-state index contributed by atoms with van der Waals surface area (Å²) in [4.78, 5) is 29.8. The maximum Gasteiger partial charge on any atom is 0.255 e. The molecule has 5 rings (SSSR count). The Morgan fingerprint density at radius 3 is 2.60 bits per heavy atom. The quantitative estimate of drug-likeness (QED) is 0.633. The van der Waals surface area contributed by atoms with Gasteiger partial charge in [0.15, 0.2) is 5.13 Å². The third kappa shape index (κ3) is 3.61. The number of nitrogens with two attached hydrogens (primary N) is 1. The number of aromatic nitrogens is 3. The molecule has 0 aliphatic carbocycles. The summed E-state index contributed by atoms with van der Waals surface area (Å²) < 4.78 is 0. The van der Waals surface area contributed by atoms with Gasteiger partial charge < -0.3 is 16.0 Å². The summed E-state index contributed by atoms with van der Waals surface area (Å²) in [7, 11) is 0. The van der Waals surface area contributed by atoms with Crippen LogP contribution in [-0.2, 0) is 0 Å². The lowest BCUT2D eigenvalue weighted by Crippen LogP contribution is -2.50. The second-order valence-electron chi connectivity index (χ2n) is 8.07. The summed E-state index contributed by atoms with van der Waals surface area (Å²) in [5, 5.41) is 7.07. The zero-order chi connectivity index (χ0) is 20.8. The minimum Gasteiger partial charge on any atom is -0.333 e. The lowest BCUT2D eigenvalue weighted by molar-refractivity contribution is 0.0574. The Morgan fingerprint density at radius 2 is 1.97 bits per heavy atom. The predicted molar refractivity (Wildman–Crippen MR) is 120 cm³/mol.